The largest absolute Gasteiger partial charge is 0.486 e. The molecule has 0 unspecified atom stereocenters. The van der Waals surface area contributed by atoms with Crippen molar-refractivity contribution in [2.45, 2.75) is 13.3 Å². The summed E-state index contributed by atoms with van der Waals surface area (Å²) in [6.45, 7) is 4.57. The fourth-order valence-electron chi connectivity index (χ4n) is 3.35. The zero-order valence-corrected chi connectivity index (χ0v) is 17.8. The molecule has 6 nitrogen and oxygen atoms in total. The number of aromatic nitrogens is 1. The van der Waals surface area contributed by atoms with Crippen molar-refractivity contribution >= 4 is 32.6 Å². The molecule has 0 aliphatic carbocycles. The highest BCUT2D eigenvalue weighted by molar-refractivity contribution is 7.22. The van der Waals surface area contributed by atoms with Crippen LogP contribution in [0, 0.1) is 6.92 Å². The molecule has 152 valence electrons. The van der Waals surface area contributed by atoms with Crippen LogP contribution in [-0.2, 0) is 0 Å². The van der Waals surface area contributed by atoms with E-state index in [0.717, 1.165) is 33.9 Å². The van der Waals surface area contributed by atoms with Crippen LogP contribution < -0.4 is 14.4 Å². The number of nitrogens with zero attached hydrogens (tertiary/aromatic N) is 3. The summed E-state index contributed by atoms with van der Waals surface area (Å²) in [7, 11) is 4.07. The number of benzene rings is 2. The second-order valence-corrected chi connectivity index (χ2v) is 8.40. The van der Waals surface area contributed by atoms with Gasteiger partial charge in [0.05, 0.1) is 10.2 Å². The van der Waals surface area contributed by atoms with Gasteiger partial charge in [-0.3, -0.25) is 9.69 Å². The molecule has 2 heterocycles. The molecule has 3 aromatic rings. The monoisotopic (exact) mass is 411 g/mol. The van der Waals surface area contributed by atoms with Gasteiger partial charge in [-0.05, 0) is 63.8 Å². The van der Waals surface area contributed by atoms with Gasteiger partial charge in [0, 0.05) is 12.1 Å². The number of aryl methyl sites for hydroxylation is 1. The highest BCUT2D eigenvalue weighted by Crippen LogP contribution is 2.34. The molecular weight excluding hydrogens is 386 g/mol. The zero-order chi connectivity index (χ0) is 20.4. The Hall–Kier alpha value is -2.64. The van der Waals surface area contributed by atoms with Crippen LogP contribution in [0.2, 0.25) is 0 Å². The van der Waals surface area contributed by atoms with Crippen LogP contribution in [0.15, 0.2) is 36.4 Å². The van der Waals surface area contributed by atoms with Crippen molar-refractivity contribution in [1.82, 2.24) is 9.88 Å². The summed E-state index contributed by atoms with van der Waals surface area (Å²) in [6, 6.07) is 11.5. The molecule has 4 rings (SSSR count). The molecule has 1 aliphatic heterocycles. The highest BCUT2D eigenvalue weighted by atomic mass is 32.1. The first-order chi connectivity index (χ1) is 14.0. The first-order valence-electron chi connectivity index (χ1n) is 9.75. The summed E-state index contributed by atoms with van der Waals surface area (Å²) in [5.74, 6) is 1.23. The Bertz CT molecular complexity index is 1030. The standard InChI is InChI=1S/C22H25N3O3S/c1-15-6-4-7-19-20(15)23-22(29-19)25(11-5-10-24(2)3)21(26)16-8-9-17-18(14-16)28-13-12-27-17/h4,6-9,14H,5,10-13H2,1-3H3. The number of hydrogen-bond donors (Lipinski definition) is 0. The van der Waals surface area contributed by atoms with Crippen molar-refractivity contribution < 1.29 is 14.3 Å². The van der Waals surface area contributed by atoms with Crippen LogP contribution in [0.4, 0.5) is 5.13 Å². The lowest BCUT2D eigenvalue weighted by molar-refractivity contribution is 0.0984. The normalized spacial score (nSPS) is 13.1. The lowest BCUT2D eigenvalue weighted by Crippen LogP contribution is -2.33. The number of anilines is 1. The molecule has 7 heteroatoms. The molecule has 0 N–H and O–H groups in total. The number of fused-ring (bicyclic) bond motifs is 2. The van der Waals surface area contributed by atoms with Crippen molar-refractivity contribution in [2.24, 2.45) is 0 Å². The Labute approximate surface area is 174 Å². The van der Waals surface area contributed by atoms with Gasteiger partial charge < -0.3 is 14.4 Å². The first kappa shape index (κ1) is 19.7. The number of amides is 1. The van der Waals surface area contributed by atoms with Gasteiger partial charge in [-0.2, -0.15) is 0 Å². The van der Waals surface area contributed by atoms with Gasteiger partial charge in [0.1, 0.15) is 13.2 Å². The maximum atomic E-state index is 13.5. The molecular formula is C22H25N3O3S. The van der Waals surface area contributed by atoms with Crippen molar-refractivity contribution in [3.05, 3.63) is 47.5 Å². The van der Waals surface area contributed by atoms with E-state index in [-0.39, 0.29) is 5.91 Å². The molecule has 0 saturated heterocycles. The molecule has 29 heavy (non-hydrogen) atoms. The zero-order valence-electron chi connectivity index (χ0n) is 17.0. The lowest BCUT2D eigenvalue weighted by atomic mass is 10.1. The summed E-state index contributed by atoms with van der Waals surface area (Å²) in [6.07, 6.45) is 0.859. The van der Waals surface area contributed by atoms with E-state index in [1.807, 2.05) is 39.2 Å². The molecule has 1 aromatic heterocycles. The van der Waals surface area contributed by atoms with E-state index in [1.165, 1.54) is 0 Å². The average Bonchev–Trinajstić information content (AvgIpc) is 3.15. The van der Waals surface area contributed by atoms with Gasteiger partial charge in [-0.25, -0.2) is 4.98 Å². The van der Waals surface area contributed by atoms with E-state index in [0.29, 0.717) is 36.8 Å². The van der Waals surface area contributed by atoms with Crippen LogP contribution in [0.25, 0.3) is 10.2 Å². The number of carbonyl (C=O) groups is 1. The number of carbonyl (C=O) groups excluding carboxylic acids is 1. The van der Waals surface area contributed by atoms with Gasteiger partial charge in [-0.15, -0.1) is 0 Å². The number of para-hydroxylation sites is 1. The van der Waals surface area contributed by atoms with Crippen LogP contribution in [0.5, 0.6) is 11.5 Å². The van der Waals surface area contributed by atoms with E-state index in [9.17, 15) is 4.79 Å². The lowest BCUT2D eigenvalue weighted by Gasteiger charge is -2.23. The third-order valence-corrected chi connectivity index (χ3v) is 5.91. The minimum Gasteiger partial charge on any atom is -0.486 e. The fraction of sp³-hybridized carbons (Fsp3) is 0.364. The van der Waals surface area contributed by atoms with Crippen molar-refractivity contribution in [2.75, 3.05) is 45.3 Å². The maximum absolute atomic E-state index is 13.5. The average molecular weight is 412 g/mol. The van der Waals surface area contributed by atoms with Crippen LogP contribution in [0.3, 0.4) is 0 Å². The van der Waals surface area contributed by atoms with Gasteiger partial charge in [0.15, 0.2) is 16.6 Å². The Kier molecular flexibility index (Phi) is 5.69. The van der Waals surface area contributed by atoms with E-state index >= 15 is 0 Å². The quantitative estimate of drug-likeness (QED) is 0.614. The molecule has 0 atom stereocenters. The van der Waals surface area contributed by atoms with E-state index in [4.69, 9.17) is 14.5 Å². The third kappa shape index (κ3) is 4.21. The predicted octanol–water partition coefficient (Wildman–Crippen LogP) is 3.97. The fourth-order valence-corrected chi connectivity index (χ4v) is 4.42. The van der Waals surface area contributed by atoms with Gasteiger partial charge in [0.2, 0.25) is 0 Å². The first-order valence-corrected chi connectivity index (χ1v) is 10.6. The second kappa shape index (κ2) is 8.39. The van der Waals surface area contributed by atoms with Crippen LogP contribution >= 0.6 is 11.3 Å². The third-order valence-electron chi connectivity index (χ3n) is 4.86. The Morgan fingerprint density at radius 3 is 2.66 bits per heavy atom. The minimum atomic E-state index is -0.0718. The molecule has 0 fully saturated rings. The SMILES string of the molecule is Cc1cccc2sc(N(CCCN(C)C)C(=O)c3ccc4c(c3)OCCO4)nc12. The van der Waals surface area contributed by atoms with Gasteiger partial charge in [0.25, 0.3) is 5.91 Å². The number of thiazole rings is 1. The van der Waals surface area contributed by atoms with Gasteiger partial charge >= 0.3 is 0 Å². The second-order valence-electron chi connectivity index (χ2n) is 7.39. The van der Waals surface area contributed by atoms with E-state index in [2.05, 4.69) is 11.0 Å². The Morgan fingerprint density at radius 2 is 1.90 bits per heavy atom. The summed E-state index contributed by atoms with van der Waals surface area (Å²) in [4.78, 5) is 22.2. The van der Waals surface area contributed by atoms with E-state index < -0.39 is 0 Å². The molecule has 1 amide bonds. The smallest absolute Gasteiger partial charge is 0.260 e. The van der Waals surface area contributed by atoms with Crippen LogP contribution in [0.1, 0.15) is 22.3 Å². The number of ether oxygens (including phenoxy) is 2. The molecule has 0 saturated carbocycles. The summed E-state index contributed by atoms with van der Waals surface area (Å²) in [5.41, 5.74) is 2.65. The molecule has 1 aliphatic rings. The van der Waals surface area contributed by atoms with Gasteiger partial charge in [-0.1, -0.05) is 23.5 Å². The predicted molar refractivity (Wildman–Crippen MR) is 117 cm³/mol. The highest BCUT2D eigenvalue weighted by Gasteiger charge is 2.23. The summed E-state index contributed by atoms with van der Waals surface area (Å²) < 4.78 is 12.3. The topological polar surface area (TPSA) is 54.9 Å². The maximum Gasteiger partial charge on any atom is 0.260 e. The summed E-state index contributed by atoms with van der Waals surface area (Å²) >= 11 is 1.55. The van der Waals surface area contributed by atoms with Crippen molar-refractivity contribution in [3.8, 4) is 11.5 Å². The Balaban J connectivity index is 1.67. The molecule has 2 aromatic carbocycles. The number of rotatable bonds is 6. The number of hydrogen-bond acceptors (Lipinski definition) is 6. The van der Waals surface area contributed by atoms with Crippen molar-refractivity contribution in [3.63, 3.8) is 0 Å². The van der Waals surface area contributed by atoms with Crippen LogP contribution in [-0.4, -0.2) is 56.2 Å². The summed E-state index contributed by atoms with van der Waals surface area (Å²) in [5, 5.41) is 0.730. The molecule has 0 radical (unpaired) electrons. The van der Waals surface area contributed by atoms with Crippen molar-refractivity contribution in [1.29, 1.82) is 0 Å². The minimum absolute atomic E-state index is 0.0718. The molecule has 0 bridgehead atoms. The molecule has 0 spiro atoms. The van der Waals surface area contributed by atoms with E-state index in [1.54, 1.807) is 28.4 Å². The Morgan fingerprint density at radius 1 is 1.10 bits per heavy atom.